The Hall–Kier alpha value is -5.00. The minimum Gasteiger partial charge on any atom is -0.321 e. The molecular weight excluding hydrogens is 583 g/mol. The maximum Gasteiger partial charge on any atom is 0.272 e. The molecule has 4 amide bonds. The Morgan fingerprint density at radius 3 is 2.30 bits per heavy atom. The summed E-state index contributed by atoms with van der Waals surface area (Å²) in [5, 5.41) is 17.1. The second-order valence-corrected chi connectivity index (χ2v) is 11.6. The van der Waals surface area contributed by atoms with Crippen LogP contribution in [0.4, 0.5) is 11.4 Å². The molecule has 1 aromatic heterocycles. The van der Waals surface area contributed by atoms with Crippen LogP contribution in [0.15, 0.2) is 117 Å². The summed E-state index contributed by atoms with van der Waals surface area (Å²) in [6, 6.07) is 26.6. The molecule has 9 nitrogen and oxygen atoms in total. The average Bonchev–Trinajstić information content (AvgIpc) is 3.67. The van der Waals surface area contributed by atoms with E-state index in [0.717, 1.165) is 10.5 Å². The zero-order valence-electron chi connectivity index (χ0n) is 23.0. The van der Waals surface area contributed by atoms with E-state index in [1.54, 1.807) is 73.7 Å². The van der Waals surface area contributed by atoms with E-state index < -0.39 is 17.1 Å². The van der Waals surface area contributed by atoms with Crippen molar-refractivity contribution in [3.8, 4) is 0 Å². The van der Waals surface area contributed by atoms with Gasteiger partial charge in [-0.25, -0.2) is 0 Å². The van der Waals surface area contributed by atoms with E-state index in [1.807, 2.05) is 41.1 Å². The van der Waals surface area contributed by atoms with Gasteiger partial charge in [-0.05, 0) is 83.9 Å². The molecular formula is C32H27N5O4S2. The molecule has 2 heterocycles. The van der Waals surface area contributed by atoms with Gasteiger partial charge >= 0.3 is 0 Å². The van der Waals surface area contributed by atoms with Gasteiger partial charge < -0.3 is 16.0 Å². The first-order chi connectivity index (χ1) is 20.9. The molecule has 0 radical (unpaired) electrons. The highest BCUT2D eigenvalue weighted by Crippen LogP contribution is 2.26. The van der Waals surface area contributed by atoms with Crippen molar-refractivity contribution in [2.45, 2.75) is 23.5 Å². The number of amidine groups is 1. The summed E-state index contributed by atoms with van der Waals surface area (Å²) in [7, 11) is 0. The summed E-state index contributed by atoms with van der Waals surface area (Å²) in [5.41, 5.74) is 2.50. The number of anilines is 2. The van der Waals surface area contributed by atoms with E-state index in [9.17, 15) is 19.2 Å². The van der Waals surface area contributed by atoms with Gasteiger partial charge in [0, 0.05) is 16.1 Å². The van der Waals surface area contributed by atoms with Crippen LogP contribution in [0.3, 0.4) is 0 Å². The molecule has 1 aliphatic rings. The highest BCUT2D eigenvalue weighted by Gasteiger charge is 2.27. The van der Waals surface area contributed by atoms with Gasteiger partial charge in [-0.3, -0.25) is 19.2 Å². The summed E-state index contributed by atoms with van der Waals surface area (Å²) in [6.07, 6.45) is 1.64. The molecule has 0 saturated heterocycles. The molecule has 1 unspecified atom stereocenters. The van der Waals surface area contributed by atoms with Crippen LogP contribution in [0.1, 0.15) is 29.3 Å². The van der Waals surface area contributed by atoms with Gasteiger partial charge in [-0.1, -0.05) is 36.4 Å². The van der Waals surface area contributed by atoms with E-state index in [4.69, 9.17) is 0 Å². The van der Waals surface area contributed by atoms with Crippen LogP contribution in [-0.2, 0) is 14.4 Å². The number of para-hydroxylation sites is 1. The molecule has 0 bridgehead atoms. The van der Waals surface area contributed by atoms with Gasteiger partial charge in [0.05, 0.1) is 17.4 Å². The van der Waals surface area contributed by atoms with E-state index in [0.29, 0.717) is 22.8 Å². The van der Waals surface area contributed by atoms with Gasteiger partial charge in [0.25, 0.3) is 17.7 Å². The molecule has 1 aliphatic heterocycles. The largest absolute Gasteiger partial charge is 0.321 e. The number of thioether (sulfide) groups is 1. The number of hydrogen-bond donors (Lipinski definition) is 3. The van der Waals surface area contributed by atoms with Crippen molar-refractivity contribution in [1.29, 1.82) is 0 Å². The van der Waals surface area contributed by atoms with E-state index in [1.165, 1.54) is 28.1 Å². The van der Waals surface area contributed by atoms with E-state index in [-0.39, 0.29) is 23.9 Å². The standard InChI is InChI=1S/C32H27N5O4S2/c1-21(30(39)35-28-19-29(38)37(36-28)25-10-6-3-7-11-25)43-26-14-12-24(13-15-26)33-32(41)27(18-22-16-17-42-20-22)34-31(40)23-8-4-2-5-9-23/h2-18,20-21H,19H2,1H3,(H,33,41)(H,34,40)(H,35,36,39)/b27-18-. The molecule has 5 rings (SSSR count). The molecule has 0 aliphatic carbocycles. The first kappa shape index (κ1) is 29.5. The Bertz CT molecular complexity index is 1670. The fourth-order valence-electron chi connectivity index (χ4n) is 4.05. The molecule has 1 atom stereocenters. The van der Waals surface area contributed by atoms with Crippen LogP contribution in [0.5, 0.6) is 0 Å². The van der Waals surface area contributed by atoms with Gasteiger partial charge in [0.1, 0.15) is 11.5 Å². The number of rotatable bonds is 9. The van der Waals surface area contributed by atoms with Crippen molar-refractivity contribution in [2.24, 2.45) is 5.10 Å². The fraction of sp³-hybridized carbons (Fsp3) is 0.0938. The molecule has 4 aromatic rings. The van der Waals surface area contributed by atoms with Crippen LogP contribution in [0, 0.1) is 0 Å². The Balaban J connectivity index is 1.18. The molecule has 0 spiro atoms. The molecule has 11 heteroatoms. The van der Waals surface area contributed by atoms with Crippen molar-refractivity contribution >= 4 is 70.0 Å². The van der Waals surface area contributed by atoms with Crippen molar-refractivity contribution < 1.29 is 19.2 Å². The third kappa shape index (κ3) is 7.85. The zero-order valence-corrected chi connectivity index (χ0v) is 24.7. The number of nitrogens with zero attached hydrogens (tertiary/aromatic N) is 2. The highest BCUT2D eigenvalue weighted by atomic mass is 32.2. The highest BCUT2D eigenvalue weighted by molar-refractivity contribution is 8.00. The predicted octanol–water partition coefficient (Wildman–Crippen LogP) is 5.50. The molecule has 3 N–H and O–H groups in total. The normalized spacial score (nSPS) is 13.7. The minimum absolute atomic E-state index is 0.0149. The lowest BCUT2D eigenvalue weighted by Gasteiger charge is -2.13. The number of carbonyl (C=O) groups excluding carboxylic acids is 4. The fourth-order valence-corrected chi connectivity index (χ4v) is 5.54. The van der Waals surface area contributed by atoms with Crippen LogP contribution >= 0.6 is 23.1 Å². The monoisotopic (exact) mass is 609 g/mol. The van der Waals surface area contributed by atoms with Gasteiger partial charge in [-0.2, -0.15) is 21.4 Å². The van der Waals surface area contributed by atoms with Crippen molar-refractivity contribution in [1.82, 2.24) is 10.6 Å². The van der Waals surface area contributed by atoms with Crippen LogP contribution in [-0.4, -0.2) is 34.7 Å². The van der Waals surface area contributed by atoms with E-state index >= 15 is 0 Å². The second-order valence-electron chi connectivity index (χ2n) is 9.43. The molecule has 3 aromatic carbocycles. The predicted molar refractivity (Wildman–Crippen MR) is 171 cm³/mol. The average molecular weight is 610 g/mol. The molecule has 0 fully saturated rings. The zero-order chi connectivity index (χ0) is 30.2. The molecule has 0 saturated carbocycles. The van der Waals surface area contributed by atoms with Crippen molar-refractivity contribution in [3.05, 3.63) is 119 Å². The maximum atomic E-state index is 13.2. The topological polar surface area (TPSA) is 120 Å². The van der Waals surface area contributed by atoms with E-state index in [2.05, 4.69) is 21.1 Å². The van der Waals surface area contributed by atoms with Crippen molar-refractivity contribution in [3.63, 3.8) is 0 Å². The Labute approximate surface area is 256 Å². The Kier molecular flexibility index (Phi) is 9.45. The number of thiophene rings is 1. The second kappa shape index (κ2) is 13.8. The van der Waals surface area contributed by atoms with Crippen LogP contribution < -0.4 is 21.0 Å². The quantitative estimate of drug-likeness (QED) is 0.171. The van der Waals surface area contributed by atoms with Crippen molar-refractivity contribution in [2.75, 3.05) is 10.3 Å². The Morgan fingerprint density at radius 1 is 0.930 bits per heavy atom. The number of hydrogen-bond acceptors (Lipinski definition) is 7. The maximum absolute atomic E-state index is 13.2. The lowest BCUT2D eigenvalue weighted by atomic mass is 10.2. The first-order valence-electron chi connectivity index (χ1n) is 13.3. The van der Waals surface area contributed by atoms with Gasteiger partial charge in [-0.15, -0.1) is 11.8 Å². The Morgan fingerprint density at radius 2 is 1.63 bits per heavy atom. The summed E-state index contributed by atoms with van der Waals surface area (Å²) in [5.74, 6) is -1.05. The lowest BCUT2D eigenvalue weighted by molar-refractivity contribution is -0.119. The third-order valence-corrected chi connectivity index (χ3v) is 8.03. The molecule has 43 heavy (non-hydrogen) atoms. The summed E-state index contributed by atoms with van der Waals surface area (Å²) in [6.45, 7) is 1.76. The van der Waals surface area contributed by atoms with Gasteiger partial charge in [0.15, 0.2) is 0 Å². The first-order valence-corrected chi connectivity index (χ1v) is 15.1. The SMILES string of the molecule is CC(Sc1ccc(NC(=O)/C(=C/c2ccsc2)NC(=O)c2ccccc2)cc1)C(=O)NC1=NN(c2ccccc2)C(=O)C1. The number of amides is 4. The summed E-state index contributed by atoms with van der Waals surface area (Å²) >= 11 is 2.82. The summed E-state index contributed by atoms with van der Waals surface area (Å²) < 4.78 is 0. The minimum atomic E-state index is -0.475. The van der Waals surface area contributed by atoms with Crippen LogP contribution in [0.2, 0.25) is 0 Å². The smallest absolute Gasteiger partial charge is 0.272 e. The lowest BCUT2D eigenvalue weighted by Crippen LogP contribution is -2.35. The number of benzene rings is 3. The van der Waals surface area contributed by atoms with Gasteiger partial charge in [0.2, 0.25) is 5.91 Å². The number of carbonyl (C=O) groups is 4. The number of hydrazone groups is 1. The van der Waals surface area contributed by atoms with Crippen LogP contribution in [0.25, 0.3) is 6.08 Å². The number of nitrogens with one attached hydrogen (secondary N) is 3. The third-order valence-electron chi connectivity index (χ3n) is 6.22. The summed E-state index contributed by atoms with van der Waals surface area (Å²) in [4.78, 5) is 51.9. The molecule has 216 valence electrons.